The molecule has 26 heavy (non-hydrogen) atoms. The summed E-state index contributed by atoms with van der Waals surface area (Å²) < 4.78 is 7.57. The second-order valence-electron chi connectivity index (χ2n) is 7.18. The smallest absolute Gasteiger partial charge is 0.198 e. The molecule has 3 nitrogen and oxygen atoms in total. The Bertz CT molecular complexity index is 907. The molecule has 1 atom stereocenters. The predicted octanol–water partition coefficient (Wildman–Crippen LogP) is 6.57. The molecule has 1 saturated carbocycles. The van der Waals surface area contributed by atoms with Gasteiger partial charge in [0.1, 0.15) is 5.75 Å². The molecule has 0 N–H and O–H groups in total. The minimum absolute atomic E-state index is 0.117. The van der Waals surface area contributed by atoms with Crippen molar-refractivity contribution < 1.29 is 4.74 Å². The van der Waals surface area contributed by atoms with E-state index in [4.69, 9.17) is 33.0 Å². The summed E-state index contributed by atoms with van der Waals surface area (Å²) in [7, 11) is 0. The molecule has 0 unspecified atom stereocenters. The van der Waals surface area contributed by atoms with Crippen LogP contribution in [0.5, 0.6) is 5.75 Å². The van der Waals surface area contributed by atoms with E-state index in [-0.39, 0.29) is 11.8 Å². The Labute approximate surface area is 171 Å². The van der Waals surface area contributed by atoms with Gasteiger partial charge in [0.25, 0.3) is 0 Å². The van der Waals surface area contributed by atoms with Crippen LogP contribution >= 0.6 is 39.1 Å². The molecule has 6 heteroatoms. The number of benzene rings is 2. The fourth-order valence-corrected chi connectivity index (χ4v) is 5.19. The normalized spacial score (nSPS) is 22.8. The first-order valence-corrected chi connectivity index (χ1v) is 10.4. The van der Waals surface area contributed by atoms with Gasteiger partial charge in [0.05, 0.1) is 16.8 Å². The number of fused-ring (bicyclic) bond motifs is 4. The number of ether oxygens (including phenoxy) is 1. The molecule has 2 aromatic rings. The highest BCUT2D eigenvalue weighted by molar-refractivity contribution is 9.10. The van der Waals surface area contributed by atoms with Crippen molar-refractivity contribution in [2.45, 2.75) is 43.9 Å². The lowest BCUT2D eigenvalue weighted by Gasteiger charge is -2.46. The first-order chi connectivity index (χ1) is 12.6. The average molecular weight is 452 g/mol. The van der Waals surface area contributed by atoms with E-state index in [9.17, 15) is 0 Å². The van der Waals surface area contributed by atoms with Crippen LogP contribution in [-0.2, 0) is 0 Å². The summed E-state index contributed by atoms with van der Waals surface area (Å²) in [4.78, 5) is 0. The molecule has 1 fully saturated rings. The molecule has 1 aliphatic carbocycles. The van der Waals surface area contributed by atoms with Crippen molar-refractivity contribution in [3.63, 3.8) is 0 Å². The summed E-state index contributed by atoms with van der Waals surface area (Å²) in [5.41, 5.74) is 2.88. The maximum absolute atomic E-state index is 6.50. The molecule has 5 rings (SSSR count). The molecule has 2 aromatic carbocycles. The lowest BCUT2D eigenvalue weighted by molar-refractivity contribution is -0.114. The summed E-state index contributed by atoms with van der Waals surface area (Å²) in [6.07, 6.45) is 5.06. The third-order valence-corrected chi connectivity index (χ3v) is 6.61. The van der Waals surface area contributed by atoms with Gasteiger partial charge in [-0.3, -0.25) is 0 Å². The third-order valence-electron chi connectivity index (χ3n) is 5.58. The van der Waals surface area contributed by atoms with Crippen molar-refractivity contribution in [3.05, 3.63) is 62.0 Å². The Kier molecular flexibility index (Phi) is 4.00. The molecule has 134 valence electrons. The summed E-state index contributed by atoms with van der Waals surface area (Å²) >= 11 is 16.3. The van der Waals surface area contributed by atoms with Gasteiger partial charge in [0.15, 0.2) is 5.72 Å². The van der Waals surface area contributed by atoms with Crippen LogP contribution in [0.2, 0.25) is 10.0 Å². The zero-order chi connectivity index (χ0) is 17.9. The molecule has 3 aliphatic rings. The van der Waals surface area contributed by atoms with E-state index < -0.39 is 0 Å². The van der Waals surface area contributed by atoms with Crippen LogP contribution in [0.15, 0.2) is 46.0 Å². The van der Waals surface area contributed by atoms with Crippen molar-refractivity contribution in [2.75, 3.05) is 0 Å². The maximum atomic E-state index is 6.50. The predicted molar refractivity (Wildman–Crippen MR) is 108 cm³/mol. The minimum atomic E-state index is -0.383. The summed E-state index contributed by atoms with van der Waals surface area (Å²) in [6.45, 7) is 0. The van der Waals surface area contributed by atoms with E-state index in [0.717, 1.165) is 59.2 Å². The quantitative estimate of drug-likeness (QED) is 0.489. The van der Waals surface area contributed by atoms with Gasteiger partial charge in [0, 0.05) is 34.3 Å². The third kappa shape index (κ3) is 2.57. The van der Waals surface area contributed by atoms with Crippen molar-refractivity contribution in [1.29, 1.82) is 0 Å². The van der Waals surface area contributed by atoms with E-state index >= 15 is 0 Å². The van der Waals surface area contributed by atoms with Gasteiger partial charge < -0.3 is 4.74 Å². The number of rotatable bonds is 1. The second kappa shape index (κ2) is 6.15. The zero-order valence-electron chi connectivity index (χ0n) is 14.0. The van der Waals surface area contributed by atoms with Gasteiger partial charge in [-0.15, -0.1) is 0 Å². The van der Waals surface area contributed by atoms with E-state index in [1.807, 2.05) is 6.07 Å². The van der Waals surface area contributed by atoms with Crippen LogP contribution in [0.3, 0.4) is 0 Å². The molecular formula is C20H17BrCl2N2O. The molecule has 0 amide bonds. The van der Waals surface area contributed by atoms with Crippen LogP contribution < -0.4 is 4.74 Å². The highest BCUT2D eigenvalue weighted by Crippen LogP contribution is 2.54. The number of halogens is 3. The molecule has 0 aromatic heterocycles. The van der Waals surface area contributed by atoms with Crippen molar-refractivity contribution in [3.8, 4) is 5.75 Å². The van der Waals surface area contributed by atoms with E-state index in [2.05, 4.69) is 45.2 Å². The van der Waals surface area contributed by atoms with Gasteiger partial charge in [-0.1, -0.05) is 51.3 Å². The van der Waals surface area contributed by atoms with Crippen molar-refractivity contribution in [1.82, 2.24) is 5.01 Å². The number of hydrogen-bond donors (Lipinski definition) is 0. The molecule has 2 aliphatic heterocycles. The van der Waals surface area contributed by atoms with Crippen LogP contribution in [0.25, 0.3) is 0 Å². The summed E-state index contributed by atoms with van der Waals surface area (Å²) in [5, 5.41) is 8.44. The van der Waals surface area contributed by atoms with Crippen molar-refractivity contribution >= 4 is 44.8 Å². The SMILES string of the molecule is Clc1cc(Cl)c2c(c1)[C@@H]1CC(c3ccc(Br)cc3)=NN1C1(CCCC1)O2. The summed E-state index contributed by atoms with van der Waals surface area (Å²) in [6, 6.07) is 12.2. The largest absolute Gasteiger partial charge is 0.465 e. The van der Waals surface area contributed by atoms with Crippen LogP contribution in [0.4, 0.5) is 0 Å². The zero-order valence-corrected chi connectivity index (χ0v) is 17.1. The summed E-state index contributed by atoms with van der Waals surface area (Å²) in [5.74, 6) is 0.784. The maximum Gasteiger partial charge on any atom is 0.198 e. The van der Waals surface area contributed by atoms with E-state index in [1.165, 1.54) is 0 Å². The monoisotopic (exact) mass is 450 g/mol. The minimum Gasteiger partial charge on any atom is -0.465 e. The Hall–Kier alpha value is -1.23. The number of hydrazone groups is 1. The number of hydrogen-bond acceptors (Lipinski definition) is 3. The van der Waals surface area contributed by atoms with Gasteiger partial charge in [0.2, 0.25) is 0 Å². The topological polar surface area (TPSA) is 24.8 Å². The molecule has 0 radical (unpaired) electrons. The van der Waals surface area contributed by atoms with Crippen molar-refractivity contribution in [2.24, 2.45) is 5.10 Å². The molecular weight excluding hydrogens is 435 g/mol. The fourth-order valence-electron chi connectivity index (χ4n) is 4.38. The lowest BCUT2D eigenvalue weighted by atomic mass is 9.94. The first-order valence-electron chi connectivity index (χ1n) is 8.86. The first kappa shape index (κ1) is 16.9. The fraction of sp³-hybridized carbons (Fsp3) is 0.350. The lowest BCUT2D eigenvalue weighted by Crippen LogP contribution is -2.51. The van der Waals surface area contributed by atoms with Gasteiger partial charge in [-0.25, -0.2) is 5.01 Å². The van der Waals surface area contributed by atoms with E-state index in [1.54, 1.807) is 6.07 Å². The average Bonchev–Trinajstić information content (AvgIpc) is 3.25. The highest BCUT2D eigenvalue weighted by atomic mass is 79.9. The second-order valence-corrected chi connectivity index (χ2v) is 8.94. The number of nitrogens with zero attached hydrogens (tertiary/aromatic N) is 2. The standard InChI is InChI=1S/C20H17BrCl2N2O/c21-13-5-3-12(4-6-13)17-11-18-15-9-14(22)10-16(23)19(15)26-20(25(18)24-17)7-1-2-8-20/h3-6,9-10,18H,1-2,7-8,11H2/t18-/m0/s1. The van der Waals surface area contributed by atoms with Gasteiger partial charge in [-0.05, 0) is 42.7 Å². The van der Waals surface area contributed by atoms with Crippen LogP contribution in [0, 0.1) is 0 Å². The Morgan fingerprint density at radius 1 is 1.12 bits per heavy atom. The molecule has 2 heterocycles. The van der Waals surface area contributed by atoms with Gasteiger partial charge in [-0.2, -0.15) is 5.10 Å². The molecule has 1 spiro atoms. The van der Waals surface area contributed by atoms with E-state index in [0.29, 0.717) is 10.0 Å². The Morgan fingerprint density at radius 3 is 2.58 bits per heavy atom. The highest BCUT2D eigenvalue weighted by Gasteiger charge is 2.52. The van der Waals surface area contributed by atoms with Crippen LogP contribution in [0.1, 0.15) is 49.3 Å². The molecule has 0 bridgehead atoms. The van der Waals surface area contributed by atoms with Gasteiger partial charge >= 0.3 is 0 Å². The van der Waals surface area contributed by atoms with Crippen LogP contribution in [-0.4, -0.2) is 16.4 Å². The molecule has 0 saturated heterocycles. The Morgan fingerprint density at radius 2 is 1.85 bits per heavy atom. The Balaban J connectivity index is 1.62.